The number of nitro benzene ring substituents is 1. The van der Waals surface area contributed by atoms with E-state index in [4.69, 9.17) is 4.74 Å². The molecule has 0 aliphatic rings. The second kappa shape index (κ2) is 7.40. The van der Waals surface area contributed by atoms with Gasteiger partial charge in [0.1, 0.15) is 5.75 Å². The molecular weight excluding hydrogens is 296 g/mol. The first-order valence-electron chi connectivity index (χ1n) is 7.20. The number of nitro groups is 1. The van der Waals surface area contributed by atoms with Gasteiger partial charge in [-0.2, -0.15) is 0 Å². The third-order valence-electron chi connectivity index (χ3n) is 3.32. The van der Waals surface area contributed by atoms with Crippen LogP contribution in [0.25, 0.3) is 0 Å². The molecule has 0 radical (unpaired) electrons. The Hall–Kier alpha value is -2.89. The summed E-state index contributed by atoms with van der Waals surface area (Å²) in [5.74, 6) is 0.454. The van der Waals surface area contributed by atoms with E-state index in [1.54, 1.807) is 13.0 Å². The maximum atomic E-state index is 11.9. The van der Waals surface area contributed by atoms with Crippen LogP contribution >= 0.6 is 0 Å². The van der Waals surface area contributed by atoms with E-state index >= 15 is 0 Å². The predicted molar refractivity (Wildman–Crippen MR) is 87.8 cm³/mol. The normalized spacial score (nSPS) is 10.2. The van der Waals surface area contributed by atoms with Gasteiger partial charge in [0.2, 0.25) is 5.91 Å². The Morgan fingerprint density at radius 3 is 2.52 bits per heavy atom. The zero-order chi connectivity index (χ0) is 16.8. The molecule has 2 aromatic rings. The van der Waals surface area contributed by atoms with Crippen molar-refractivity contribution in [2.24, 2.45) is 0 Å². The lowest BCUT2D eigenvalue weighted by atomic mass is 10.2. The number of nitrogens with zero attached hydrogens (tertiary/aromatic N) is 1. The smallest absolute Gasteiger partial charge is 0.271 e. The van der Waals surface area contributed by atoms with Crippen LogP contribution in [0.1, 0.15) is 17.5 Å². The molecule has 0 unspecified atom stereocenters. The summed E-state index contributed by atoms with van der Waals surface area (Å²) in [6, 6.07) is 11.9. The number of nitrogens with one attached hydrogen (secondary N) is 1. The molecule has 0 atom stereocenters. The second-order valence-electron chi connectivity index (χ2n) is 5.22. The Morgan fingerprint density at radius 2 is 1.87 bits per heavy atom. The van der Waals surface area contributed by atoms with Crippen molar-refractivity contribution in [2.75, 3.05) is 11.9 Å². The number of anilines is 1. The number of benzene rings is 2. The summed E-state index contributed by atoms with van der Waals surface area (Å²) in [5.41, 5.74) is 2.29. The van der Waals surface area contributed by atoms with E-state index in [-0.39, 0.29) is 24.6 Å². The van der Waals surface area contributed by atoms with Crippen LogP contribution in [0.5, 0.6) is 5.75 Å². The molecule has 2 rings (SSSR count). The summed E-state index contributed by atoms with van der Waals surface area (Å²) in [6.07, 6.45) is 0.163. The zero-order valence-electron chi connectivity index (χ0n) is 13.0. The van der Waals surface area contributed by atoms with Crippen molar-refractivity contribution in [1.82, 2.24) is 0 Å². The summed E-state index contributed by atoms with van der Waals surface area (Å²) in [5, 5.41) is 13.5. The van der Waals surface area contributed by atoms with Crippen LogP contribution in [0, 0.1) is 24.0 Å². The number of carbonyl (C=O) groups is 1. The minimum Gasteiger partial charge on any atom is -0.493 e. The van der Waals surface area contributed by atoms with E-state index < -0.39 is 4.92 Å². The minimum absolute atomic E-state index is 0.0539. The molecule has 0 aliphatic carbocycles. The predicted octanol–water partition coefficient (Wildman–Crippen LogP) is 3.62. The van der Waals surface area contributed by atoms with E-state index in [1.807, 2.05) is 31.2 Å². The number of rotatable bonds is 6. The summed E-state index contributed by atoms with van der Waals surface area (Å²) in [4.78, 5) is 22.2. The molecule has 120 valence electrons. The third-order valence-corrected chi connectivity index (χ3v) is 3.32. The number of aryl methyl sites for hydroxylation is 2. The van der Waals surface area contributed by atoms with Crippen LogP contribution < -0.4 is 10.1 Å². The minimum atomic E-state index is -0.490. The highest BCUT2D eigenvalue weighted by atomic mass is 16.6. The lowest BCUT2D eigenvalue weighted by Gasteiger charge is -2.09. The third kappa shape index (κ3) is 4.81. The van der Waals surface area contributed by atoms with Gasteiger partial charge in [-0.3, -0.25) is 14.9 Å². The zero-order valence-corrected chi connectivity index (χ0v) is 13.0. The van der Waals surface area contributed by atoms with Crippen LogP contribution in [-0.2, 0) is 4.79 Å². The lowest BCUT2D eigenvalue weighted by molar-refractivity contribution is -0.384. The number of non-ortho nitro benzene ring substituents is 1. The Bertz CT molecular complexity index is 711. The van der Waals surface area contributed by atoms with Crippen molar-refractivity contribution in [3.63, 3.8) is 0 Å². The molecule has 6 nitrogen and oxygen atoms in total. The summed E-state index contributed by atoms with van der Waals surface area (Å²) in [7, 11) is 0. The molecule has 0 saturated heterocycles. The Kier molecular flexibility index (Phi) is 5.30. The van der Waals surface area contributed by atoms with E-state index in [0.29, 0.717) is 11.4 Å². The highest BCUT2D eigenvalue weighted by Gasteiger charge is 2.11. The van der Waals surface area contributed by atoms with Gasteiger partial charge in [0.15, 0.2) is 0 Å². The van der Waals surface area contributed by atoms with Gasteiger partial charge in [-0.25, -0.2) is 0 Å². The number of hydrogen-bond donors (Lipinski definition) is 1. The van der Waals surface area contributed by atoms with Crippen molar-refractivity contribution in [3.05, 3.63) is 63.7 Å². The average molecular weight is 314 g/mol. The van der Waals surface area contributed by atoms with E-state index in [1.165, 1.54) is 12.1 Å². The van der Waals surface area contributed by atoms with Gasteiger partial charge in [0, 0.05) is 12.1 Å². The standard InChI is InChI=1S/C17H18N2O4/c1-12-3-7-15(8-4-12)23-10-9-17(20)18-16-11-14(19(21)22)6-5-13(16)2/h3-8,11H,9-10H2,1-2H3,(H,18,20). The fraction of sp³-hybridized carbons (Fsp3) is 0.235. The molecule has 2 aromatic carbocycles. The maximum Gasteiger partial charge on any atom is 0.271 e. The number of carbonyl (C=O) groups excluding carboxylic acids is 1. The molecule has 0 aliphatic heterocycles. The quantitative estimate of drug-likeness (QED) is 0.652. The molecule has 0 fully saturated rings. The van der Waals surface area contributed by atoms with Crippen molar-refractivity contribution >= 4 is 17.3 Å². The van der Waals surface area contributed by atoms with Gasteiger partial charge in [-0.15, -0.1) is 0 Å². The molecule has 0 bridgehead atoms. The molecular formula is C17H18N2O4. The Balaban J connectivity index is 1.88. The average Bonchev–Trinajstić information content (AvgIpc) is 2.51. The van der Waals surface area contributed by atoms with Crippen molar-refractivity contribution in [1.29, 1.82) is 0 Å². The molecule has 6 heteroatoms. The highest BCUT2D eigenvalue weighted by Crippen LogP contribution is 2.22. The second-order valence-corrected chi connectivity index (χ2v) is 5.22. The summed E-state index contributed by atoms with van der Waals surface area (Å²) in [6.45, 7) is 4.00. The van der Waals surface area contributed by atoms with Gasteiger partial charge < -0.3 is 10.1 Å². The largest absolute Gasteiger partial charge is 0.493 e. The molecule has 0 heterocycles. The Labute approximate surface area is 134 Å². The van der Waals surface area contributed by atoms with E-state index in [9.17, 15) is 14.9 Å². The summed E-state index contributed by atoms with van der Waals surface area (Å²) >= 11 is 0. The fourth-order valence-corrected chi connectivity index (χ4v) is 1.97. The highest BCUT2D eigenvalue weighted by molar-refractivity contribution is 5.91. The van der Waals surface area contributed by atoms with Crippen molar-refractivity contribution in [2.45, 2.75) is 20.3 Å². The van der Waals surface area contributed by atoms with E-state index in [0.717, 1.165) is 11.1 Å². The van der Waals surface area contributed by atoms with Crippen molar-refractivity contribution in [3.8, 4) is 5.75 Å². The maximum absolute atomic E-state index is 11.9. The van der Waals surface area contributed by atoms with Crippen LogP contribution in [-0.4, -0.2) is 17.4 Å². The topological polar surface area (TPSA) is 81.5 Å². The van der Waals surface area contributed by atoms with Gasteiger partial charge in [-0.1, -0.05) is 23.8 Å². The van der Waals surface area contributed by atoms with Crippen LogP contribution in [0.2, 0.25) is 0 Å². The van der Waals surface area contributed by atoms with Gasteiger partial charge in [0.25, 0.3) is 5.69 Å². The van der Waals surface area contributed by atoms with Crippen LogP contribution in [0.3, 0.4) is 0 Å². The molecule has 0 saturated carbocycles. The molecule has 1 N–H and O–H groups in total. The molecule has 0 spiro atoms. The first-order valence-corrected chi connectivity index (χ1v) is 7.20. The van der Waals surface area contributed by atoms with E-state index in [2.05, 4.69) is 5.32 Å². The molecule has 1 amide bonds. The number of ether oxygens (including phenoxy) is 1. The first-order chi connectivity index (χ1) is 11.0. The van der Waals surface area contributed by atoms with Gasteiger partial charge in [0.05, 0.1) is 23.6 Å². The van der Waals surface area contributed by atoms with Crippen LogP contribution in [0.15, 0.2) is 42.5 Å². The fourth-order valence-electron chi connectivity index (χ4n) is 1.97. The summed E-state index contributed by atoms with van der Waals surface area (Å²) < 4.78 is 5.49. The molecule has 23 heavy (non-hydrogen) atoms. The SMILES string of the molecule is Cc1ccc(OCCC(=O)Nc2cc([N+](=O)[O-])ccc2C)cc1. The van der Waals surface area contributed by atoms with Gasteiger partial charge >= 0.3 is 0 Å². The van der Waals surface area contributed by atoms with Crippen LogP contribution in [0.4, 0.5) is 11.4 Å². The monoisotopic (exact) mass is 314 g/mol. The Morgan fingerprint density at radius 1 is 1.17 bits per heavy atom. The van der Waals surface area contributed by atoms with Crippen molar-refractivity contribution < 1.29 is 14.5 Å². The molecule has 0 aromatic heterocycles. The number of hydrogen-bond acceptors (Lipinski definition) is 4. The number of amides is 1. The van der Waals surface area contributed by atoms with Gasteiger partial charge in [-0.05, 0) is 31.5 Å². The first kappa shape index (κ1) is 16.5. The lowest BCUT2D eigenvalue weighted by Crippen LogP contribution is -2.16.